The Morgan fingerprint density at radius 3 is 2.58 bits per heavy atom. The first-order valence-corrected chi connectivity index (χ1v) is 8.27. The molecule has 2 amide bonds. The molecule has 2 rings (SSSR count). The van der Waals surface area contributed by atoms with Gasteiger partial charge in [-0.25, -0.2) is 0 Å². The predicted molar refractivity (Wildman–Crippen MR) is 90.6 cm³/mol. The van der Waals surface area contributed by atoms with Crippen LogP contribution in [0.25, 0.3) is 0 Å². The highest BCUT2D eigenvalue weighted by molar-refractivity contribution is 6.30. The van der Waals surface area contributed by atoms with Gasteiger partial charge in [0, 0.05) is 30.7 Å². The lowest BCUT2D eigenvalue weighted by molar-refractivity contribution is -0.159. The lowest BCUT2D eigenvalue weighted by Crippen LogP contribution is -2.43. The van der Waals surface area contributed by atoms with Crippen LogP contribution in [0.5, 0.6) is 0 Å². The number of halogens is 1. The molecule has 1 fully saturated rings. The molecule has 1 heterocycles. The molecular weight excluding hydrogens is 332 g/mol. The fraction of sp³-hybridized carbons (Fsp3) is 0.471. The van der Waals surface area contributed by atoms with E-state index < -0.39 is 18.0 Å². The van der Waals surface area contributed by atoms with E-state index in [0.717, 1.165) is 6.42 Å². The van der Waals surface area contributed by atoms with Crippen LogP contribution in [0.4, 0.5) is 5.69 Å². The first-order chi connectivity index (χ1) is 11.4. The third-order valence-corrected chi connectivity index (χ3v) is 4.23. The van der Waals surface area contributed by atoms with Crippen molar-refractivity contribution in [2.75, 3.05) is 18.4 Å². The van der Waals surface area contributed by atoms with Crippen LogP contribution in [0.15, 0.2) is 24.3 Å². The summed E-state index contributed by atoms with van der Waals surface area (Å²) in [6.45, 7) is 4.01. The molecule has 0 saturated carbocycles. The number of amides is 2. The topological polar surface area (TPSA) is 75.7 Å². The molecule has 0 spiro atoms. The number of nitrogens with one attached hydrogen (secondary N) is 1. The number of hydrogen-bond acceptors (Lipinski definition) is 4. The van der Waals surface area contributed by atoms with Crippen molar-refractivity contribution in [1.29, 1.82) is 0 Å². The van der Waals surface area contributed by atoms with Crippen LogP contribution in [0.1, 0.15) is 26.7 Å². The van der Waals surface area contributed by atoms with E-state index in [1.54, 1.807) is 29.2 Å². The van der Waals surface area contributed by atoms with Gasteiger partial charge in [0.05, 0.1) is 5.92 Å². The number of carbonyl (C=O) groups excluding carboxylic acids is 3. The standard InChI is InChI=1S/C17H21ClN2O4/c1-11(16(22)19-15-7-5-14(18)6-8-15)24-17(23)13-4-3-9-20(10-13)12(2)21/h5-8,11,13H,3-4,9-10H2,1-2H3,(H,19,22). The number of piperidine rings is 1. The maximum Gasteiger partial charge on any atom is 0.311 e. The number of esters is 1. The highest BCUT2D eigenvalue weighted by atomic mass is 35.5. The van der Waals surface area contributed by atoms with Gasteiger partial charge in [0.15, 0.2) is 6.10 Å². The molecule has 1 saturated heterocycles. The van der Waals surface area contributed by atoms with Gasteiger partial charge in [0.25, 0.3) is 5.91 Å². The van der Waals surface area contributed by atoms with Gasteiger partial charge in [-0.1, -0.05) is 11.6 Å². The predicted octanol–water partition coefficient (Wildman–Crippen LogP) is 2.47. The zero-order valence-corrected chi connectivity index (χ0v) is 14.5. The summed E-state index contributed by atoms with van der Waals surface area (Å²) in [5.41, 5.74) is 0.577. The Morgan fingerprint density at radius 2 is 1.96 bits per heavy atom. The summed E-state index contributed by atoms with van der Waals surface area (Å²) < 4.78 is 5.26. The molecule has 1 aromatic rings. The van der Waals surface area contributed by atoms with Crippen molar-refractivity contribution in [3.8, 4) is 0 Å². The first kappa shape index (κ1) is 18.3. The maximum absolute atomic E-state index is 12.2. The van der Waals surface area contributed by atoms with Gasteiger partial charge >= 0.3 is 5.97 Å². The summed E-state index contributed by atoms with van der Waals surface area (Å²) >= 11 is 5.79. The zero-order valence-electron chi connectivity index (χ0n) is 13.8. The smallest absolute Gasteiger partial charge is 0.311 e. The van der Waals surface area contributed by atoms with E-state index >= 15 is 0 Å². The Morgan fingerprint density at radius 1 is 1.29 bits per heavy atom. The molecular formula is C17H21ClN2O4. The largest absolute Gasteiger partial charge is 0.452 e. The molecule has 0 aliphatic carbocycles. The average molecular weight is 353 g/mol. The molecule has 1 aliphatic rings. The monoisotopic (exact) mass is 352 g/mol. The van der Waals surface area contributed by atoms with Gasteiger partial charge in [-0.05, 0) is 44.0 Å². The van der Waals surface area contributed by atoms with Gasteiger partial charge in [0.2, 0.25) is 5.91 Å². The normalized spacial score (nSPS) is 18.6. The highest BCUT2D eigenvalue weighted by Gasteiger charge is 2.30. The maximum atomic E-state index is 12.2. The summed E-state index contributed by atoms with van der Waals surface area (Å²) in [4.78, 5) is 37.4. The fourth-order valence-electron chi connectivity index (χ4n) is 2.56. The molecule has 6 nitrogen and oxygen atoms in total. The van der Waals surface area contributed by atoms with E-state index in [2.05, 4.69) is 5.32 Å². The Labute approximate surface area is 146 Å². The molecule has 2 unspecified atom stereocenters. The number of benzene rings is 1. The van der Waals surface area contributed by atoms with Crippen LogP contribution < -0.4 is 5.32 Å². The number of carbonyl (C=O) groups is 3. The highest BCUT2D eigenvalue weighted by Crippen LogP contribution is 2.19. The van der Waals surface area contributed by atoms with Crippen molar-refractivity contribution >= 4 is 35.1 Å². The van der Waals surface area contributed by atoms with Gasteiger partial charge < -0.3 is 15.0 Å². The molecule has 0 aromatic heterocycles. The number of nitrogens with zero attached hydrogens (tertiary/aromatic N) is 1. The van der Waals surface area contributed by atoms with E-state index in [1.807, 2.05) is 0 Å². The van der Waals surface area contributed by atoms with Crippen molar-refractivity contribution in [2.24, 2.45) is 5.92 Å². The second kappa shape index (κ2) is 8.15. The van der Waals surface area contributed by atoms with Crippen molar-refractivity contribution in [1.82, 2.24) is 4.90 Å². The number of hydrogen-bond donors (Lipinski definition) is 1. The first-order valence-electron chi connectivity index (χ1n) is 7.89. The zero-order chi connectivity index (χ0) is 17.7. The van der Waals surface area contributed by atoms with E-state index in [-0.39, 0.29) is 11.8 Å². The molecule has 0 radical (unpaired) electrons. The minimum Gasteiger partial charge on any atom is -0.452 e. The molecule has 0 bridgehead atoms. The average Bonchev–Trinajstić information content (AvgIpc) is 2.56. The lowest BCUT2D eigenvalue weighted by atomic mass is 9.98. The van der Waals surface area contributed by atoms with Crippen molar-refractivity contribution < 1.29 is 19.1 Å². The summed E-state index contributed by atoms with van der Waals surface area (Å²) in [7, 11) is 0. The number of rotatable bonds is 4. The van der Waals surface area contributed by atoms with Gasteiger partial charge in [0.1, 0.15) is 0 Å². The van der Waals surface area contributed by atoms with Crippen LogP contribution in [0.2, 0.25) is 5.02 Å². The quantitative estimate of drug-likeness (QED) is 0.844. The Hall–Kier alpha value is -2.08. The third kappa shape index (κ3) is 4.96. The lowest BCUT2D eigenvalue weighted by Gasteiger charge is -2.31. The fourth-order valence-corrected chi connectivity index (χ4v) is 2.68. The number of anilines is 1. The van der Waals surface area contributed by atoms with E-state index in [4.69, 9.17) is 16.3 Å². The summed E-state index contributed by atoms with van der Waals surface area (Å²) in [5.74, 6) is -1.29. The van der Waals surface area contributed by atoms with Crippen LogP contribution in [0.3, 0.4) is 0 Å². The second-order valence-corrected chi connectivity index (χ2v) is 6.32. The molecule has 1 aromatic carbocycles. The molecule has 2 atom stereocenters. The van der Waals surface area contributed by atoms with Crippen LogP contribution in [0, 0.1) is 5.92 Å². The molecule has 24 heavy (non-hydrogen) atoms. The molecule has 1 aliphatic heterocycles. The van der Waals surface area contributed by atoms with E-state index in [0.29, 0.717) is 30.2 Å². The molecule has 7 heteroatoms. The summed E-state index contributed by atoms with van der Waals surface area (Å²) in [6, 6.07) is 6.65. The number of ether oxygens (including phenoxy) is 1. The Bertz CT molecular complexity index is 618. The van der Waals surface area contributed by atoms with Gasteiger partial charge in [-0.2, -0.15) is 0 Å². The second-order valence-electron chi connectivity index (χ2n) is 5.88. The minimum atomic E-state index is -0.916. The third-order valence-electron chi connectivity index (χ3n) is 3.97. The van der Waals surface area contributed by atoms with Crippen LogP contribution in [-0.4, -0.2) is 41.9 Å². The number of likely N-dealkylation sites (tertiary alicyclic amines) is 1. The van der Waals surface area contributed by atoms with E-state index in [1.165, 1.54) is 13.8 Å². The summed E-state index contributed by atoms with van der Waals surface area (Å²) in [5, 5.41) is 3.23. The van der Waals surface area contributed by atoms with Gasteiger partial charge in [-0.3, -0.25) is 14.4 Å². The Balaban J connectivity index is 1.87. The summed E-state index contributed by atoms with van der Waals surface area (Å²) in [6.07, 6.45) is 0.500. The van der Waals surface area contributed by atoms with Crippen LogP contribution in [-0.2, 0) is 19.1 Å². The Kier molecular flexibility index (Phi) is 6.20. The van der Waals surface area contributed by atoms with Crippen molar-refractivity contribution in [3.05, 3.63) is 29.3 Å². The minimum absolute atomic E-state index is 0.0546. The van der Waals surface area contributed by atoms with Crippen molar-refractivity contribution in [3.63, 3.8) is 0 Å². The van der Waals surface area contributed by atoms with Gasteiger partial charge in [-0.15, -0.1) is 0 Å². The van der Waals surface area contributed by atoms with Crippen LogP contribution >= 0.6 is 11.6 Å². The molecule has 130 valence electrons. The molecule has 1 N–H and O–H groups in total. The van der Waals surface area contributed by atoms with E-state index in [9.17, 15) is 14.4 Å². The SMILES string of the molecule is CC(=O)N1CCCC(C(=O)OC(C)C(=O)Nc2ccc(Cl)cc2)C1. The van der Waals surface area contributed by atoms with Crippen molar-refractivity contribution in [2.45, 2.75) is 32.8 Å².